The van der Waals surface area contributed by atoms with Crippen LogP contribution in [0.25, 0.3) is 10.4 Å². The van der Waals surface area contributed by atoms with Gasteiger partial charge in [-0.2, -0.15) is 0 Å². The fraction of sp³-hybridized carbons (Fsp3) is 0.235. The van der Waals surface area contributed by atoms with Gasteiger partial charge >= 0.3 is 0 Å². The zero-order chi connectivity index (χ0) is 17.2. The Hall–Kier alpha value is -2.38. The normalized spacial score (nSPS) is 13.5. The number of anilines is 2. The maximum atomic E-state index is 12.9. The van der Waals surface area contributed by atoms with Crippen LogP contribution in [0.1, 0.15) is 17.5 Å². The predicted octanol–water partition coefficient (Wildman–Crippen LogP) is 3.83. The zero-order valence-electron chi connectivity index (χ0n) is 13.3. The molecule has 24 heavy (non-hydrogen) atoms. The van der Waals surface area contributed by atoms with E-state index in [9.17, 15) is 9.50 Å². The van der Waals surface area contributed by atoms with Gasteiger partial charge in [0.05, 0.1) is 4.88 Å². The van der Waals surface area contributed by atoms with Gasteiger partial charge in [-0.25, -0.2) is 19.3 Å². The van der Waals surface area contributed by atoms with Gasteiger partial charge in [-0.3, -0.25) is 0 Å². The molecule has 0 aliphatic rings. The van der Waals surface area contributed by atoms with Crippen LogP contribution in [-0.4, -0.2) is 26.7 Å². The van der Waals surface area contributed by atoms with Crippen LogP contribution in [0.3, 0.4) is 0 Å². The highest BCUT2D eigenvalue weighted by Gasteiger charge is 2.27. The number of nitrogens with zero attached hydrogens (tertiary/aromatic N) is 3. The molecule has 0 amide bonds. The van der Waals surface area contributed by atoms with Crippen LogP contribution in [0.4, 0.5) is 16.0 Å². The maximum absolute atomic E-state index is 12.9. The fourth-order valence-corrected chi connectivity index (χ4v) is 3.13. The molecule has 2 heterocycles. The first-order valence-corrected chi connectivity index (χ1v) is 8.20. The highest BCUT2D eigenvalue weighted by atomic mass is 32.1. The average molecular weight is 344 g/mol. The summed E-state index contributed by atoms with van der Waals surface area (Å²) in [5.74, 6) is 0.513. The van der Waals surface area contributed by atoms with Crippen molar-refractivity contribution in [1.82, 2.24) is 15.0 Å². The van der Waals surface area contributed by atoms with Gasteiger partial charge in [0.25, 0.3) is 0 Å². The second-order valence-corrected chi connectivity index (χ2v) is 6.75. The van der Waals surface area contributed by atoms with Gasteiger partial charge in [0.1, 0.15) is 17.3 Å². The third-order valence-electron chi connectivity index (χ3n) is 3.41. The number of halogens is 1. The van der Waals surface area contributed by atoms with Crippen molar-refractivity contribution in [3.63, 3.8) is 0 Å². The molecule has 0 fully saturated rings. The summed E-state index contributed by atoms with van der Waals surface area (Å²) in [4.78, 5) is 13.3. The summed E-state index contributed by atoms with van der Waals surface area (Å²) in [6.07, 6.45) is 4.99. The van der Waals surface area contributed by atoms with E-state index in [2.05, 4.69) is 20.3 Å². The SMILES string of the molecule is Cc1cc(Nc2ncccn2)cc(-c2cnc(C(C)(O)CF)s2)c1. The summed E-state index contributed by atoms with van der Waals surface area (Å²) in [6.45, 7) is 2.54. The molecule has 0 spiro atoms. The minimum absolute atomic E-state index is 0.363. The number of alkyl halides is 1. The van der Waals surface area contributed by atoms with Gasteiger partial charge in [0.15, 0.2) is 0 Å². The van der Waals surface area contributed by atoms with Crippen molar-refractivity contribution < 1.29 is 9.50 Å². The first-order valence-electron chi connectivity index (χ1n) is 7.39. The molecule has 1 unspecified atom stereocenters. The first kappa shape index (κ1) is 16.5. The number of rotatable bonds is 5. The molecule has 3 rings (SSSR count). The largest absolute Gasteiger partial charge is 0.380 e. The number of hydrogen-bond donors (Lipinski definition) is 2. The monoisotopic (exact) mass is 344 g/mol. The number of thiazole rings is 1. The van der Waals surface area contributed by atoms with Crippen LogP contribution in [0.15, 0.2) is 42.9 Å². The molecule has 0 saturated heterocycles. The van der Waals surface area contributed by atoms with Crippen LogP contribution in [0, 0.1) is 6.92 Å². The Kier molecular flexibility index (Phi) is 4.55. The molecule has 5 nitrogen and oxygen atoms in total. The smallest absolute Gasteiger partial charge is 0.227 e. The van der Waals surface area contributed by atoms with Gasteiger partial charge in [-0.05, 0) is 43.2 Å². The van der Waals surface area contributed by atoms with E-state index in [4.69, 9.17) is 0 Å². The summed E-state index contributed by atoms with van der Waals surface area (Å²) >= 11 is 1.28. The van der Waals surface area contributed by atoms with E-state index in [1.165, 1.54) is 18.3 Å². The summed E-state index contributed by atoms with van der Waals surface area (Å²) in [7, 11) is 0. The Morgan fingerprint density at radius 2 is 1.96 bits per heavy atom. The van der Waals surface area contributed by atoms with Crippen molar-refractivity contribution in [3.05, 3.63) is 53.4 Å². The standard InChI is InChI=1S/C17H17FN4OS/c1-11-6-12(14-9-21-15(24-14)17(2,23)10-18)8-13(7-11)22-16-19-4-3-5-20-16/h3-9,23H,10H2,1-2H3,(H,19,20,22). The predicted molar refractivity (Wildman–Crippen MR) is 93.1 cm³/mol. The molecule has 1 atom stereocenters. The highest BCUT2D eigenvalue weighted by Crippen LogP contribution is 2.34. The molecule has 1 aromatic carbocycles. The van der Waals surface area contributed by atoms with Crippen molar-refractivity contribution in [2.75, 3.05) is 12.0 Å². The molecule has 2 N–H and O–H groups in total. The number of hydrogen-bond acceptors (Lipinski definition) is 6. The summed E-state index contributed by atoms with van der Waals surface area (Å²) in [5.41, 5.74) is 1.29. The van der Waals surface area contributed by atoms with Crippen molar-refractivity contribution in [3.8, 4) is 10.4 Å². The van der Waals surface area contributed by atoms with Gasteiger partial charge < -0.3 is 10.4 Å². The lowest BCUT2D eigenvalue weighted by molar-refractivity contribution is 0.0297. The quantitative estimate of drug-likeness (QED) is 0.736. The van der Waals surface area contributed by atoms with Gasteiger partial charge in [-0.15, -0.1) is 11.3 Å². The Morgan fingerprint density at radius 1 is 1.21 bits per heavy atom. The molecule has 2 aromatic heterocycles. The lowest BCUT2D eigenvalue weighted by Gasteiger charge is -2.14. The van der Waals surface area contributed by atoms with Crippen molar-refractivity contribution in [1.29, 1.82) is 0 Å². The molecule has 0 saturated carbocycles. The summed E-state index contributed by atoms with van der Waals surface area (Å²) in [5, 5.41) is 13.5. The van der Waals surface area contributed by atoms with E-state index in [0.29, 0.717) is 11.0 Å². The van der Waals surface area contributed by atoms with Crippen molar-refractivity contribution in [2.24, 2.45) is 0 Å². The number of aromatic nitrogens is 3. The van der Waals surface area contributed by atoms with Crippen LogP contribution in [0.5, 0.6) is 0 Å². The minimum atomic E-state index is -1.55. The van der Waals surface area contributed by atoms with Crippen LogP contribution < -0.4 is 5.32 Å². The van der Waals surface area contributed by atoms with Gasteiger partial charge in [-0.1, -0.05) is 6.07 Å². The van der Waals surface area contributed by atoms with E-state index >= 15 is 0 Å². The Labute approximate surface area is 143 Å². The lowest BCUT2D eigenvalue weighted by Crippen LogP contribution is -2.23. The zero-order valence-corrected chi connectivity index (χ0v) is 14.1. The Morgan fingerprint density at radius 3 is 2.67 bits per heavy atom. The third-order valence-corrected chi connectivity index (χ3v) is 4.71. The second-order valence-electron chi connectivity index (χ2n) is 5.72. The van der Waals surface area contributed by atoms with Gasteiger partial charge in [0.2, 0.25) is 5.95 Å². The van der Waals surface area contributed by atoms with Crippen LogP contribution >= 0.6 is 11.3 Å². The first-order chi connectivity index (χ1) is 11.5. The molecule has 7 heteroatoms. The highest BCUT2D eigenvalue weighted by molar-refractivity contribution is 7.15. The Balaban J connectivity index is 1.92. The minimum Gasteiger partial charge on any atom is -0.380 e. The van der Waals surface area contributed by atoms with E-state index in [-0.39, 0.29) is 0 Å². The summed E-state index contributed by atoms with van der Waals surface area (Å²) < 4.78 is 12.9. The van der Waals surface area contributed by atoms with E-state index in [1.807, 2.05) is 25.1 Å². The Bertz CT molecular complexity index is 836. The van der Waals surface area contributed by atoms with Crippen LogP contribution in [0.2, 0.25) is 0 Å². The fourth-order valence-electron chi connectivity index (χ4n) is 2.20. The van der Waals surface area contributed by atoms with Crippen molar-refractivity contribution >= 4 is 23.0 Å². The molecule has 0 aliphatic carbocycles. The van der Waals surface area contributed by atoms with E-state index < -0.39 is 12.3 Å². The lowest BCUT2D eigenvalue weighted by atomic mass is 10.1. The third kappa shape index (κ3) is 3.58. The molecular weight excluding hydrogens is 327 g/mol. The van der Waals surface area contributed by atoms with Crippen LogP contribution in [-0.2, 0) is 5.60 Å². The number of nitrogens with one attached hydrogen (secondary N) is 1. The van der Waals surface area contributed by atoms with Gasteiger partial charge in [0, 0.05) is 24.3 Å². The average Bonchev–Trinajstić information content (AvgIpc) is 3.06. The van der Waals surface area contributed by atoms with Crippen molar-refractivity contribution in [2.45, 2.75) is 19.4 Å². The molecular formula is C17H17FN4OS. The molecule has 0 bridgehead atoms. The number of aliphatic hydroxyl groups is 1. The topological polar surface area (TPSA) is 70.9 Å². The van der Waals surface area contributed by atoms with E-state index in [0.717, 1.165) is 21.7 Å². The van der Waals surface area contributed by atoms with E-state index in [1.54, 1.807) is 24.7 Å². The maximum Gasteiger partial charge on any atom is 0.227 e. The second kappa shape index (κ2) is 6.62. The summed E-state index contributed by atoms with van der Waals surface area (Å²) in [6, 6.07) is 7.70. The number of benzene rings is 1. The molecule has 3 aromatic rings. The molecule has 0 radical (unpaired) electrons. The molecule has 0 aliphatic heterocycles. The number of aryl methyl sites for hydroxylation is 1. The molecule has 124 valence electrons.